The summed E-state index contributed by atoms with van der Waals surface area (Å²) >= 11 is 3.59. The van der Waals surface area contributed by atoms with E-state index < -0.39 is 0 Å². The minimum atomic E-state index is 0.323. The zero-order valence-corrected chi connectivity index (χ0v) is 17.8. The first kappa shape index (κ1) is 21.4. The molecule has 0 fully saturated rings. The summed E-state index contributed by atoms with van der Waals surface area (Å²) in [4.78, 5) is 0. The van der Waals surface area contributed by atoms with Gasteiger partial charge < -0.3 is 0 Å². The minimum absolute atomic E-state index is 0.323. The maximum atomic E-state index is 2.25. The molecule has 0 unspecified atom stereocenters. The lowest BCUT2D eigenvalue weighted by molar-refractivity contribution is 0.588. The van der Waals surface area contributed by atoms with Gasteiger partial charge in [-0.3, -0.25) is 0 Å². The first-order chi connectivity index (χ1) is 10.0. The van der Waals surface area contributed by atoms with Crippen LogP contribution in [-0.4, -0.2) is 0 Å². The Labute approximate surface area is 146 Å². The largest absolute Gasteiger partial charge is 0.152 e. The molecule has 2 aromatic heterocycles. The molecule has 0 saturated heterocycles. The van der Waals surface area contributed by atoms with Crippen LogP contribution in [0.15, 0.2) is 21.5 Å². The lowest BCUT2D eigenvalue weighted by Crippen LogP contribution is -2.10. The van der Waals surface area contributed by atoms with Gasteiger partial charge in [0.1, 0.15) is 0 Å². The number of hydrogen-bond acceptors (Lipinski definition) is 2. The molecule has 2 heteroatoms. The summed E-state index contributed by atoms with van der Waals surface area (Å²) in [6.07, 6.45) is 0. The van der Waals surface area contributed by atoms with E-state index in [2.05, 4.69) is 76.9 Å². The van der Waals surface area contributed by atoms with Gasteiger partial charge in [-0.2, -0.15) is 22.7 Å². The molecule has 0 atom stereocenters. The van der Waals surface area contributed by atoms with Crippen molar-refractivity contribution in [1.82, 2.24) is 0 Å². The second-order valence-electron chi connectivity index (χ2n) is 7.44. The monoisotopic (exact) mass is 338 g/mol. The Morgan fingerprint density at radius 2 is 0.864 bits per heavy atom. The van der Waals surface area contributed by atoms with Crippen molar-refractivity contribution < 1.29 is 0 Å². The molecule has 0 saturated carbocycles. The van der Waals surface area contributed by atoms with Crippen molar-refractivity contribution in [1.29, 1.82) is 0 Å². The van der Waals surface area contributed by atoms with Gasteiger partial charge in [0.25, 0.3) is 0 Å². The Bertz CT molecular complexity index is 480. The molecular weight excluding hydrogens is 304 g/mol. The fourth-order valence-electron chi connectivity index (χ4n) is 2.26. The Kier molecular flexibility index (Phi) is 8.64. The van der Waals surface area contributed by atoms with Crippen molar-refractivity contribution in [3.05, 3.63) is 43.8 Å². The highest BCUT2D eigenvalue weighted by Crippen LogP contribution is 2.28. The number of rotatable bonds is 0. The quantitative estimate of drug-likeness (QED) is 0.461. The molecule has 0 radical (unpaired) electrons. The average molecular weight is 339 g/mol. The minimum Gasteiger partial charge on any atom is -0.152 e. The topological polar surface area (TPSA) is 0 Å². The summed E-state index contributed by atoms with van der Waals surface area (Å²) in [5.41, 5.74) is 6.47. The summed E-state index contributed by atoms with van der Waals surface area (Å²) in [7, 11) is 0. The van der Waals surface area contributed by atoms with Crippen LogP contribution in [0.5, 0.6) is 0 Å². The highest BCUT2D eigenvalue weighted by Gasteiger charge is 2.16. The molecule has 0 N–H and O–H groups in total. The van der Waals surface area contributed by atoms with Crippen molar-refractivity contribution in [2.75, 3.05) is 0 Å². The number of hydrogen-bond donors (Lipinski definition) is 0. The van der Waals surface area contributed by atoms with Gasteiger partial charge in [0.15, 0.2) is 0 Å². The molecule has 0 aliphatic carbocycles. The smallest absolute Gasteiger partial charge is 0.00532 e. The van der Waals surface area contributed by atoms with Crippen LogP contribution < -0.4 is 0 Å². The Hall–Kier alpha value is -0.600. The number of aryl methyl sites for hydroxylation is 2. The third kappa shape index (κ3) is 6.66. The lowest BCUT2D eigenvalue weighted by Gasteiger charge is -2.17. The van der Waals surface area contributed by atoms with Gasteiger partial charge in [-0.05, 0) is 68.5 Å². The normalized spacial score (nSPS) is 11.2. The first-order valence-electron chi connectivity index (χ1n) is 8.10. The number of thiophene rings is 2. The van der Waals surface area contributed by atoms with E-state index in [4.69, 9.17) is 0 Å². The van der Waals surface area contributed by atoms with Crippen LogP contribution in [0.4, 0.5) is 0 Å². The van der Waals surface area contributed by atoms with E-state index >= 15 is 0 Å². The molecule has 0 amide bonds. The maximum absolute atomic E-state index is 2.25. The van der Waals surface area contributed by atoms with Crippen LogP contribution in [0.25, 0.3) is 0 Å². The van der Waals surface area contributed by atoms with Gasteiger partial charge >= 0.3 is 0 Å². The molecular formula is C20H34S2. The molecule has 2 heterocycles. The van der Waals surface area contributed by atoms with Gasteiger partial charge in [-0.25, -0.2) is 0 Å². The summed E-state index contributed by atoms with van der Waals surface area (Å²) in [5, 5.41) is 8.91. The van der Waals surface area contributed by atoms with E-state index in [0.29, 0.717) is 10.8 Å². The van der Waals surface area contributed by atoms with Gasteiger partial charge in [0.05, 0.1) is 0 Å². The highest BCUT2D eigenvalue weighted by molar-refractivity contribution is 7.08. The Morgan fingerprint density at radius 1 is 0.591 bits per heavy atom. The summed E-state index contributed by atoms with van der Waals surface area (Å²) in [5.74, 6) is 0. The van der Waals surface area contributed by atoms with Crippen molar-refractivity contribution in [3.63, 3.8) is 0 Å². The molecule has 0 aliphatic rings. The highest BCUT2D eigenvalue weighted by atomic mass is 32.1. The van der Waals surface area contributed by atoms with E-state index in [1.54, 1.807) is 22.7 Å². The van der Waals surface area contributed by atoms with Crippen molar-refractivity contribution in [2.45, 2.75) is 80.1 Å². The van der Waals surface area contributed by atoms with Crippen LogP contribution in [0.1, 0.15) is 77.6 Å². The first-order valence-corrected chi connectivity index (χ1v) is 9.98. The van der Waals surface area contributed by atoms with Crippen molar-refractivity contribution in [3.8, 4) is 0 Å². The standard InChI is InChI=1S/2C9H14S.C2H6/c2*1-7-5-10-6-8(7)9(2,3)4;1-2/h2*5-6H,1-4H3;1-2H3. The molecule has 0 nitrogen and oxygen atoms in total. The third-order valence-corrected chi connectivity index (χ3v) is 5.05. The van der Waals surface area contributed by atoms with Gasteiger partial charge in [0, 0.05) is 0 Å². The van der Waals surface area contributed by atoms with Crippen LogP contribution in [0, 0.1) is 13.8 Å². The summed E-state index contributed by atoms with van der Waals surface area (Å²) in [6, 6.07) is 0. The molecule has 0 spiro atoms. The van der Waals surface area contributed by atoms with Crippen molar-refractivity contribution in [2.24, 2.45) is 0 Å². The van der Waals surface area contributed by atoms with Crippen LogP contribution in [0.2, 0.25) is 0 Å². The Balaban J connectivity index is 0.000000360. The van der Waals surface area contributed by atoms with Crippen LogP contribution in [-0.2, 0) is 10.8 Å². The predicted octanol–water partition coefficient (Wildman–Crippen LogP) is 7.73. The molecule has 0 bridgehead atoms. The van der Waals surface area contributed by atoms with Crippen molar-refractivity contribution >= 4 is 22.7 Å². The molecule has 2 rings (SSSR count). The van der Waals surface area contributed by atoms with E-state index in [9.17, 15) is 0 Å². The summed E-state index contributed by atoms with van der Waals surface area (Å²) < 4.78 is 0. The second-order valence-corrected chi connectivity index (χ2v) is 8.92. The molecule has 126 valence electrons. The van der Waals surface area contributed by atoms with E-state index in [1.165, 1.54) is 22.3 Å². The lowest BCUT2D eigenvalue weighted by atomic mass is 9.87. The summed E-state index contributed by atoms with van der Waals surface area (Å²) in [6.45, 7) is 21.9. The Morgan fingerprint density at radius 3 is 0.955 bits per heavy atom. The zero-order chi connectivity index (χ0) is 17.6. The molecule has 0 aromatic carbocycles. The van der Waals surface area contributed by atoms with Gasteiger partial charge in [0.2, 0.25) is 0 Å². The van der Waals surface area contributed by atoms with E-state index in [-0.39, 0.29) is 0 Å². The van der Waals surface area contributed by atoms with E-state index in [0.717, 1.165) is 0 Å². The molecule has 0 aliphatic heterocycles. The third-order valence-electron chi connectivity index (χ3n) is 3.33. The zero-order valence-electron chi connectivity index (χ0n) is 16.1. The average Bonchev–Trinajstić information content (AvgIpc) is 2.99. The maximum Gasteiger partial charge on any atom is -0.00532 e. The predicted molar refractivity (Wildman–Crippen MR) is 107 cm³/mol. The SMILES string of the molecule is CC.Cc1cscc1C(C)(C)C.Cc1cscc1C(C)(C)C. The van der Waals surface area contributed by atoms with E-state index in [1.807, 2.05) is 13.8 Å². The van der Waals surface area contributed by atoms with Crippen LogP contribution in [0.3, 0.4) is 0 Å². The molecule has 22 heavy (non-hydrogen) atoms. The fraction of sp³-hybridized carbons (Fsp3) is 0.600. The van der Waals surface area contributed by atoms with Crippen LogP contribution >= 0.6 is 22.7 Å². The fourth-order valence-corrected chi connectivity index (χ4v) is 4.41. The second kappa shape index (κ2) is 8.88. The van der Waals surface area contributed by atoms with Gasteiger partial charge in [-0.15, -0.1) is 0 Å². The van der Waals surface area contributed by atoms with Gasteiger partial charge in [-0.1, -0.05) is 55.4 Å². The molecule has 2 aromatic rings.